The van der Waals surface area contributed by atoms with Gasteiger partial charge in [-0.15, -0.1) is 0 Å². The van der Waals surface area contributed by atoms with Gasteiger partial charge < -0.3 is 10.6 Å². The third-order valence-electron chi connectivity index (χ3n) is 3.42. The number of nitrogens with zero attached hydrogens (tertiary/aromatic N) is 1. The van der Waals surface area contributed by atoms with E-state index in [1.807, 2.05) is 12.1 Å². The molecule has 1 heterocycles. The number of rotatable bonds is 2. The lowest BCUT2D eigenvalue weighted by molar-refractivity contribution is -0.136. The topological polar surface area (TPSA) is 54.0 Å². The Morgan fingerprint density at radius 2 is 1.72 bits per heavy atom. The van der Waals surface area contributed by atoms with Crippen molar-refractivity contribution in [2.45, 2.75) is 6.18 Å². The van der Waals surface area contributed by atoms with E-state index in [0.717, 1.165) is 17.5 Å². The predicted octanol–water partition coefficient (Wildman–Crippen LogP) is 5.55. The normalized spacial score (nSPS) is 11.4. The van der Waals surface area contributed by atoms with E-state index in [2.05, 4.69) is 15.6 Å². The Hall–Kier alpha value is -2.80. The number of carbonyl (C=O) groups excluding carboxylic acids is 1. The molecule has 0 aliphatic rings. The zero-order valence-corrected chi connectivity index (χ0v) is 13.3. The third kappa shape index (κ3) is 3.83. The molecule has 2 N–H and O–H groups in total. The van der Waals surface area contributed by atoms with E-state index in [1.54, 1.807) is 24.4 Å². The molecule has 25 heavy (non-hydrogen) atoms. The summed E-state index contributed by atoms with van der Waals surface area (Å²) in [6, 6.07) is 11.0. The lowest BCUT2D eigenvalue weighted by Crippen LogP contribution is -2.22. The molecule has 2 amide bonds. The van der Waals surface area contributed by atoms with Gasteiger partial charge in [-0.25, -0.2) is 4.79 Å². The maximum atomic E-state index is 13.1. The molecule has 0 radical (unpaired) electrons. The number of halogens is 4. The molecule has 0 bridgehead atoms. The van der Waals surface area contributed by atoms with Crippen molar-refractivity contribution in [2.75, 3.05) is 10.6 Å². The average Bonchev–Trinajstić information content (AvgIpc) is 2.56. The van der Waals surface area contributed by atoms with Gasteiger partial charge in [-0.2, -0.15) is 13.2 Å². The van der Waals surface area contributed by atoms with Crippen LogP contribution < -0.4 is 10.6 Å². The first-order valence-electron chi connectivity index (χ1n) is 7.13. The monoisotopic (exact) mass is 365 g/mol. The number of benzene rings is 2. The Labute approximate surface area is 145 Å². The molecular formula is C17H11ClF3N3O. The standard InChI is InChI=1S/C17H11ClF3N3O/c18-11-6-7-13(12(9-11)17(19,20)21)23-16(25)24-14-5-1-3-10-4-2-8-22-15(10)14/h1-9H,(H2,23,24,25). The van der Waals surface area contributed by atoms with E-state index in [0.29, 0.717) is 11.2 Å². The van der Waals surface area contributed by atoms with Gasteiger partial charge in [-0.3, -0.25) is 4.98 Å². The number of para-hydroxylation sites is 1. The summed E-state index contributed by atoms with van der Waals surface area (Å²) in [6.45, 7) is 0. The molecule has 0 aliphatic carbocycles. The van der Waals surface area contributed by atoms with Gasteiger partial charge in [-0.1, -0.05) is 29.8 Å². The van der Waals surface area contributed by atoms with Gasteiger partial charge in [0, 0.05) is 16.6 Å². The van der Waals surface area contributed by atoms with E-state index >= 15 is 0 Å². The molecule has 1 aromatic heterocycles. The molecule has 3 aromatic rings. The van der Waals surface area contributed by atoms with Crippen LogP contribution >= 0.6 is 11.6 Å². The van der Waals surface area contributed by atoms with Crippen molar-refractivity contribution in [3.8, 4) is 0 Å². The number of anilines is 2. The first-order valence-corrected chi connectivity index (χ1v) is 7.51. The Balaban J connectivity index is 1.86. The van der Waals surface area contributed by atoms with Gasteiger partial charge >= 0.3 is 12.2 Å². The summed E-state index contributed by atoms with van der Waals surface area (Å²) < 4.78 is 39.2. The van der Waals surface area contributed by atoms with Crippen LogP contribution in [0.15, 0.2) is 54.7 Å². The maximum Gasteiger partial charge on any atom is 0.418 e. The fraction of sp³-hybridized carbons (Fsp3) is 0.0588. The van der Waals surface area contributed by atoms with Gasteiger partial charge in [-0.05, 0) is 30.3 Å². The highest BCUT2D eigenvalue weighted by atomic mass is 35.5. The summed E-state index contributed by atoms with van der Waals surface area (Å²) in [7, 11) is 0. The molecular weight excluding hydrogens is 355 g/mol. The number of aromatic nitrogens is 1. The van der Waals surface area contributed by atoms with Gasteiger partial charge in [0.2, 0.25) is 0 Å². The van der Waals surface area contributed by atoms with Gasteiger partial charge in [0.25, 0.3) is 0 Å². The van der Waals surface area contributed by atoms with Crippen LogP contribution in [0.5, 0.6) is 0 Å². The van der Waals surface area contributed by atoms with Crippen molar-refractivity contribution < 1.29 is 18.0 Å². The van der Waals surface area contributed by atoms with Crippen LogP contribution in [-0.4, -0.2) is 11.0 Å². The maximum absolute atomic E-state index is 13.1. The van der Waals surface area contributed by atoms with Crippen LogP contribution in [0.25, 0.3) is 10.9 Å². The number of fused-ring (bicyclic) bond motifs is 1. The number of alkyl halides is 3. The Kier molecular flexibility index (Phi) is 4.50. The number of hydrogen-bond donors (Lipinski definition) is 2. The highest BCUT2D eigenvalue weighted by Crippen LogP contribution is 2.36. The minimum absolute atomic E-state index is 0.0727. The number of amides is 2. The Morgan fingerprint density at radius 1 is 1.00 bits per heavy atom. The van der Waals surface area contributed by atoms with Crippen molar-refractivity contribution in [1.82, 2.24) is 4.98 Å². The summed E-state index contributed by atoms with van der Waals surface area (Å²) in [5.41, 5.74) is -0.487. The minimum Gasteiger partial charge on any atom is -0.307 e. The molecule has 0 saturated heterocycles. The number of urea groups is 1. The summed E-state index contributed by atoms with van der Waals surface area (Å²) in [6.07, 6.45) is -3.08. The van der Waals surface area contributed by atoms with E-state index in [1.165, 1.54) is 6.07 Å². The highest BCUT2D eigenvalue weighted by Gasteiger charge is 2.34. The summed E-state index contributed by atoms with van der Waals surface area (Å²) >= 11 is 5.62. The first-order chi connectivity index (χ1) is 11.8. The summed E-state index contributed by atoms with van der Waals surface area (Å²) in [4.78, 5) is 16.3. The summed E-state index contributed by atoms with van der Waals surface area (Å²) in [5, 5.41) is 5.44. The second-order valence-corrected chi connectivity index (χ2v) is 5.58. The van der Waals surface area contributed by atoms with E-state index in [-0.39, 0.29) is 10.7 Å². The van der Waals surface area contributed by atoms with Crippen LogP contribution in [-0.2, 0) is 6.18 Å². The van der Waals surface area contributed by atoms with E-state index in [9.17, 15) is 18.0 Å². The number of carbonyl (C=O) groups is 1. The SMILES string of the molecule is O=C(Nc1ccc(Cl)cc1C(F)(F)F)Nc1cccc2cccnc12. The fourth-order valence-corrected chi connectivity index (χ4v) is 2.51. The lowest BCUT2D eigenvalue weighted by Gasteiger charge is -2.15. The molecule has 0 saturated carbocycles. The Morgan fingerprint density at radius 3 is 2.48 bits per heavy atom. The second kappa shape index (κ2) is 6.60. The van der Waals surface area contributed by atoms with Gasteiger partial charge in [0.1, 0.15) is 0 Å². The van der Waals surface area contributed by atoms with Crippen molar-refractivity contribution in [3.63, 3.8) is 0 Å². The molecule has 8 heteroatoms. The lowest BCUT2D eigenvalue weighted by atomic mass is 10.1. The van der Waals surface area contributed by atoms with Crippen LogP contribution in [0.2, 0.25) is 5.02 Å². The molecule has 0 fully saturated rings. The molecule has 128 valence electrons. The number of hydrogen-bond acceptors (Lipinski definition) is 2. The largest absolute Gasteiger partial charge is 0.418 e. The third-order valence-corrected chi connectivity index (χ3v) is 3.65. The van der Waals surface area contributed by atoms with E-state index in [4.69, 9.17) is 11.6 Å². The van der Waals surface area contributed by atoms with Crippen LogP contribution in [0.1, 0.15) is 5.56 Å². The molecule has 0 spiro atoms. The molecule has 0 atom stereocenters. The number of pyridine rings is 1. The molecule has 2 aromatic carbocycles. The van der Waals surface area contributed by atoms with Crippen molar-refractivity contribution in [3.05, 3.63) is 65.3 Å². The van der Waals surface area contributed by atoms with Crippen LogP contribution in [0.3, 0.4) is 0 Å². The predicted molar refractivity (Wildman–Crippen MR) is 90.8 cm³/mol. The number of nitrogens with one attached hydrogen (secondary N) is 2. The highest BCUT2D eigenvalue weighted by molar-refractivity contribution is 6.30. The van der Waals surface area contributed by atoms with Gasteiger partial charge in [0.15, 0.2) is 0 Å². The zero-order valence-electron chi connectivity index (χ0n) is 12.6. The molecule has 4 nitrogen and oxygen atoms in total. The second-order valence-electron chi connectivity index (χ2n) is 5.15. The van der Waals surface area contributed by atoms with Crippen LogP contribution in [0, 0.1) is 0 Å². The van der Waals surface area contributed by atoms with Crippen molar-refractivity contribution in [2.24, 2.45) is 0 Å². The fourth-order valence-electron chi connectivity index (χ4n) is 2.34. The Bertz CT molecular complexity index is 939. The molecule has 0 aliphatic heterocycles. The van der Waals surface area contributed by atoms with Gasteiger partial charge in [0.05, 0.1) is 22.5 Å². The average molecular weight is 366 g/mol. The van der Waals surface area contributed by atoms with Crippen molar-refractivity contribution >= 4 is 39.9 Å². The molecule has 0 unspecified atom stereocenters. The first kappa shape index (κ1) is 17.0. The van der Waals surface area contributed by atoms with Crippen molar-refractivity contribution in [1.29, 1.82) is 0 Å². The zero-order chi connectivity index (χ0) is 18.0. The summed E-state index contributed by atoms with van der Waals surface area (Å²) in [5.74, 6) is 0. The smallest absolute Gasteiger partial charge is 0.307 e. The van der Waals surface area contributed by atoms with Crippen LogP contribution in [0.4, 0.5) is 29.3 Å². The minimum atomic E-state index is -4.64. The quantitative estimate of drug-likeness (QED) is 0.625. The van der Waals surface area contributed by atoms with E-state index < -0.39 is 17.8 Å². The molecule has 3 rings (SSSR count).